The summed E-state index contributed by atoms with van der Waals surface area (Å²) in [7, 11) is -3.73. The molecule has 0 unspecified atom stereocenters. The van der Waals surface area contributed by atoms with E-state index in [1.165, 1.54) is 19.1 Å². The summed E-state index contributed by atoms with van der Waals surface area (Å²) in [4.78, 5) is 11.6. The van der Waals surface area contributed by atoms with Crippen molar-refractivity contribution in [3.63, 3.8) is 0 Å². The van der Waals surface area contributed by atoms with Crippen LogP contribution in [0.1, 0.15) is 35.8 Å². The molecule has 0 saturated carbocycles. The van der Waals surface area contributed by atoms with Crippen LogP contribution in [0.4, 0.5) is 0 Å². The molecule has 0 fully saturated rings. The van der Waals surface area contributed by atoms with Crippen molar-refractivity contribution < 1.29 is 13.2 Å². The SMILES string of the molecule is CC(=O)c1cccc(S(=O)(=O)N[C@@H](C)c2ccc(-c3ccccc3)cc2)c1. The third-order valence-corrected chi connectivity index (χ3v) is 5.94. The van der Waals surface area contributed by atoms with Gasteiger partial charge in [-0.05, 0) is 42.7 Å². The van der Waals surface area contributed by atoms with Crippen LogP contribution >= 0.6 is 0 Å². The minimum Gasteiger partial charge on any atom is -0.295 e. The quantitative estimate of drug-likeness (QED) is 0.637. The van der Waals surface area contributed by atoms with Crippen LogP contribution in [0.3, 0.4) is 0 Å². The van der Waals surface area contributed by atoms with Crippen molar-refractivity contribution in [3.8, 4) is 11.1 Å². The molecular weight excluding hydrogens is 358 g/mol. The molecule has 0 saturated heterocycles. The van der Waals surface area contributed by atoms with Gasteiger partial charge in [-0.2, -0.15) is 0 Å². The number of carbonyl (C=O) groups is 1. The van der Waals surface area contributed by atoms with Gasteiger partial charge in [0.05, 0.1) is 4.90 Å². The zero-order chi connectivity index (χ0) is 19.4. The van der Waals surface area contributed by atoms with Crippen molar-refractivity contribution in [1.82, 2.24) is 4.72 Å². The largest absolute Gasteiger partial charge is 0.295 e. The van der Waals surface area contributed by atoms with E-state index in [2.05, 4.69) is 4.72 Å². The number of carbonyl (C=O) groups excluding carboxylic acids is 1. The molecule has 3 aromatic carbocycles. The molecule has 0 spiro atoms. The number of ketones is 1. The zero-order valence-corrected chi connectivity index (χ0v) is 16.0. The summed E-state index contributed by atoms with van der Waals surface area (Å²) in [5.74, 6) is -0.170. The number of nitrogens with one attached hydrogen (secondary N) is 1. The lowest BCUT2D eigenvalue weighted by Gasteiger charge is -2.15. The molecular formula is C22H21NO3S. The predicted octanol–water partition coefficient (Wildman–Crippen LogP) is 4.60. The summed E-state index contributed by atoms with van der Waals surface area (Å²) in [5.41, 5.74) is 3.42. The van der Waals surface area contributed by atoms with Gasteiger partial charge in [-0.15, -0.1) is 0 Å². The van der Waals surface area contributed by atoms with Gasteiger partial charge in [0.2, 0.25) is 10.0 Å². The topological polar surface area (TPSA) is 63.2 Å². The molecule has 0 radical (unpaired) electrons. The lowest BCUT2D eigenvalue weighted by atomic mass is 10.0. The molecule has 0 aliphatic carbocycles. The van der Waals surface area contributed by atoms with Crippen LogP contribution in [-0.2, 0) is 10.0 Å². The summed E-state index contributed by atoms with van der Waals surface area (Å²) in [6.07, 6.45) is 0. The van der Waals surface area contributed by atoms with E-state index in [0.717, 1.165) is 16.7 Å². The van der Waals surface area contributed by atoms with Crippen LogP contribution in [0.25, 0.3) is 11.1 Å². The second-order valence-electron chi connectivity index (χ2n) is 6.42. The maximum Gasteiger partial charge on any atom is 0.241 e. The average Bonchev–Trinajstić information content (AvgIpc) is 2.68. The monoisotopic (exact) mass is 379 g/mol. The molecule has 0 heterocycles. The molecule has 0 aliphatic heterocycles. The Hall–Kier alpha value is -2.76. The highest BCUT2D eigenvalue weighted by molar-refractivity contribution is 7.89. The average molecular weight is 379 g/mol. The van der Waals surface area contributed by atoms with Crippen molar-refractivity contribution in [2.45, 2.75) is 24.8 Å². The second kappa shape index (κ2) is 7.86. The molecule has 0 aromatic heterocycles. The van der Waals surface area contributed by atoms with E-state index in [9.17, 15) is 13.2 Å². The molecule has 1 N–H and O–H groups in total. The lowest BCUT2D eigenvalue weighted by molar-refractivity contribution is 0.101. The summed E-state index contributed by atoms with van der Waals surface area (Å²) in [5, 5.41) is 0. The van der Waals surface area contributed by atoms with E-state index < -0.39 is 16.1 Å². The molecule has 1 atom stereocenters. The maximum atomic E-state index is 12.7. The first-order valence-corrected chi connectivity index (χ1v) is 10.1. The molecule has 138 valence electrons. The molecule has 4 nitrogen and oxygen atoms in total. The van der Waals surface area contributed by atoms with Gasteiger partial charge in [-0.3, -0.25) is 4.79 Å². The highest BCUT2D eigenvalue weighted by Crippen LogP contribution is 2.23. The number of rotatable bonds is 6. The molecule has 27 heavy (non-hydrogen) atoms. The maximum absolute atomic E-state index is 12.7. The van der Waals surface area contributed by atoms with Crippen LogP contribution in [0, 0.1) is 0 Å². The van der Waals surface area contributed by atoms with Gasteiger partial charge in [-0.25, -0.2) is 13.1 Å². The normalized spacial score (nSPS) is 12.5. The van der Waals surface area contributed by atoms with E-state index >= 15 is 0 Å². The van der Waals surface area contributed by atoms with Crippen molar-refractivity contribution in [2.24, 2.45) is 0 Å². The van der Waals surface area contributed by atoms with Gasteiger partial charge in [0.1, 0.15) is 0 Å². The molecule has 0 bridgehead atoms. The van der Waals surface area contributed by atoms with Crippen LogP contribution < -0.4 is 4.72 Å². The summed E-state index contributed by atoms with van der Waals surface area (Å²) in [6, 6.07) is 23.4. The Kier molecular flexibility index (Phi) is 5.54. The first-order chi connectivity index (χ1) is 12.9. The van der Waals surface area contributed by atoms with Crippen molar-refractivity contribution >= 4 is 15.8 Å². The van der Waals surface area contributed by atoms with E-state index in [1.807, 2.05) is 54.6 Å². The first-order valence-electron chi connectivity index (χ1n) is 8.65. The number of sulfonamides is 1. The van der Waals surface area contributed by atoms with Gasteiger partial charge in [0.25, 0.3) is 0 Å². The number of benzene rings is 3. The molecule has 0 amide bonds. The Morgan fingerprint density at radius 3 is 2.11 bits per heavy atom. The van der Waals surface area contributed by atoms with E-state index in [0.29, 0.717) is 5.56 Å². The molecule has 3 rings (SSSR count). The number of hydrogen-bond donors (Lipinski definition) is 1. The Morgan fingerprint density at radius 1 is 0.852 bits per heavy atom. The first kappa shape index (κ1) is 19.0. The summed E-state index contributed by atoms with van der Waals surface area (Å²) < 4.78 is 28.0. The number of hydrogen-bond acceptors (Lipinski definition) is 3. The van der Waals surface area contributed by atoms with Crippen LogP contribution in [0.2, 0.25) is 0 Å². The minimum atomic E-state index is -3.73. The number of Topliss-reactive ketones (excluding diaryl/α,β-unsaturated/α-hetero) is 1. The van der Waals surface area contributed by atoms with Crippen LogP contribution in [0.15, 0.2) is 83.8 Å². The Labute approximate surface area is 159 Å². The van der Waals surface area contributed by atoms with Crippen molar-refractivity contribution in [3.05, 3.63) is 90.0 Å². The third-order valence-electron chi connectivity index (χ3n) is 4.40. The lowest BCUT2D eigenvalue weighted by Crippen LogP contribution is -2.27. The minimum absolute atomic E-state index is 0.0861. The van der Waals surface area contributed by atoms with Gasteiger partial charge in [0.15, 0.2) is 5.78 Å². The Bertz CT molecular complexity index is 1040. The van der Waals surface area contributed by atoms with E-state index in [-0.39, 0.29) is 10.7 Å². The highest BCUT2D eigenvalue weighted by Gasteiger charge is 2.19. The summed E-state index contributed by atoms with van der Waals surface area (Å²) >= 11 is 0. The fourth-order valence-electron chi connectivity index (χ4n) is 2.85. The molecule has 0 aliphatic rings. The van der Waals surface area contributed by atoms with E-state index in [4.69, 9.17) is 0 Å². The van der Waals surface area contributed by atoms with Gasteiger partial charge in [0, 0.05) is 11.6 Å². The standard InChI is InChI=1S/C22H21NO3S/c1-16(18-11-13-20(14-12-18)19-7-4-3-5-8-19)23-27(25,26)22-10-6-9-21(15-22)17(2)24/h3-16,23H,1-2H3/t16-/m0/s1. The zero-order valence-electron chi connectivity index (χ0n) is 15.2. The predicted molar refractivity (Wildman–Crippen MR) is 107 cm³/mol. The smallest absolute Gasteiger partial charge is 0.241 e. The highest BCUT2D eigenvalue weighted by atomic mass is 32.2. The van der Waals surface area contributed by atoms with Crippen molar-refractivity contribution in [2.75, 3.05) is 0 Å². The second-order valence-corrected chi connectivity index (χ2v) is 8.13. The van der Waals surface area contributed by atoms with Crippen molar-refractivity contribution in [1.29, 1.82) is 0 Å². The van der Waals surface area contributed by atoms with Gasteiger partial charge < -0.3 is 0 Å². The van der Waals surface area contributed by atoms with E-state index in [1.54, 1.807) is 19.1 Å². The third kappa shape index (κ3) is 4.51. The summed E-state index contributed by atoms with van der Waals surface area (Å²) in [6.45, 7) is 3.21. The Morgan fingerprint density at radius 2 is 1.48 bits per heavy atom. The molecule has 5 heteroatoms. The molecule has 3 aromatic rings. The fourth-order valence-corrected chi connectivity index (χ4v) is 4.12. The Balaban J connectivity index is 1.79. The van der Waals surface area contributed by atoms with Crippen LogP contribution in [0.5, 0.6) is 0 Å². The van der Waals surface area contributed by atoms with Gasteiger partial charge in [-0.1, -0.05) is 66.7 Å². The van der Waals surface area contributed by atoms with Gasteiger partial charge >= 0.3 is 0 Å². The van der Waals surface area contributed by atoms with Crippen LogP contribution in [-0.4, -0.2) is 14.2 Å². The fraction of sp³-hybridized carbons (Fsp3) is 0.136.